The Morgan fingerprint density at radius 2 is 2.30 bits per heavy atom. The third-order valence-corrected chi connectivity index (χ3v) is 3.32. The molecule has 3 nitrogen and oxygen atoms in total. The molecule has 0 aromatic carbocycles. The fourth-order valence-electron chi connectivity index (χ4n) is 1.10. The van der Waals surface area contributed by atoms with Gasteiger partial charge in [0, 0.05) is 0 Å². The van der Waals surface area contributed by atoms with Gasteiger partial charge in [-0.1, -0.05) is 0 Å². The molecule has 0 unspecified atom stereocenters. The fourth-order valence-corrected chi connectivity index (χ4v) is 2.74. The van der Waals surface area contributed by atoms with E-state index in [0.717, 1.165) is 0 Å². The highest BCUT2D eigenvalue weighted by molar-refractivity contribution is 7.91. The molecule has 1 fully saturated rings. The maximum absolute atomic E-state index is 10.8. The van der Waals surface area contributed by atoms with Crippen molar-refractivity contribution in [2.75, 3.05) is 11.5 Å². The maximum atomic E-state index is 10.8. The van der Waals surface area contributed by atoms with Gasteiger partial charge in [0.05, 0.1) is 17.5 Å². The van der Waals surface area contributed by atoms with Crippen molar-refractivity contribution >= 4 is 16.1 Å². The third kappa shape index (κ3) is 1.80. The molecule has 0 saturated carbocycles. The first kappa shape index (κ1) is 7.72. The van der Waals surface area contributed by atoms with E-state index in [4.69, 9.17) is 0 Å². The monoisotopic (exact) mass is 161 g/mol. The van der Waals surface area contributed by atoms with E-state index in [1.807, 2.05) is 6.92 Å². The first-order valence-electron chi connectivity index (χ1n) is 3.32. The van der Waals surface area contributed by atoms with Gasteiger partial charge in [0.15, 0.2) is 9.84 Å². The first-order valence-corrected chi connectivity index (χ1v) is 5.14. The molecule has 1 aliphatic heterocycles. The molecule has 0 aliphatic carbocycles. The Morgan fingerprint density at radius 1 is 1.60 bits per heavy atom. The van der Waals surface area contributed by atoms with Crippen molar-refractivity contribution in [3.8, 4) is 0 Å². The second-order valence-corrected chi connectivity index (χ2v) is 4.69. The van der Waals surface area contributed by atoms with Gasteiger partial charge in [-0.2, -0.15) is 0 Å². The van der Waals surface area contributed by atoms with E-state index in [-0.39, 0.29) is 11.8 Å². The molecule has 0 bridgehead atoms. The van der Waals surface area contributed by atoms with Crippen LogP contribution in [0.5, 0.6) is 0 Å². The summed E-state index contributed by atoms with van der Waals surface area (Å²) in [5.74, 6) is 0.562. The second-order valence-electron chi connectivity index (χ2n) is 2.46. The lowest BCUT2D eigenvalue weighted by atomic mass is 10.3. The summed E-state index contributed by atoms with van der Waals surface area (Å²) in [6, 6.07) is 0.0370. The van der Waals surface area contributed by atoms with Gasteiger partial charge in [0.1, 0.15) is 0 Å². The summed E-state index contributed by atoms with van der Waals surface area (Å²) in [6.07, 6.45) is 2.37. The predicted molar refractivity (Wildman–Crippen MR) is 41.2 cm³/mol. The minimum absolute atomic E-state index is 0.0370. The van der Waals surface area contributed by atoms with Crippen molar-refractivity contribution in [2.24, 2.45) is 4.99 Å². The molecule has 4 heteroatoms. The van der Waals surface area contributed by atoms with Crippen molar-refractivity contribution in [1.29, 1.82) is 0 Å². The number of aliphatic imine (C=N–C) groups is 1. The van der Waals surface area contributed by atoms with E-state index in [9.17, 15) is 8.42 Å². The van der Waals surface area contributed by atoms with Gasteiger partial charge in [-0.15, -0.1) is 0 Å². The zero-order valence-electron chi connectivity index (χ0n) is 5.95. The van der Waals surface area contributed by atoms with Gasteiger partial charge in [-0.25, -0.2) is 8.42 Å². The van der Waals surface area contributed by atoms with Crippen molar-refractivity contribution in [1.82, 2.24) is 0 Å². The molecule has 1 rings (SSSR count). The normalized spacial score (nSPS) is 31.5. The summed E-state index contributed by atoms with van der Waals surface area (Å²) < 4.78 is 21.7. The Kier molecular flexibility index (Phi) is 2.08. The summed E-state index contributed by atoms with van der Waals surface area (Å²) in [6.45, 7) is 1.81. The Balaban J connectivity index is 2.60. The molecule has 1 saturated heterocycles. The van der Waals surface area contributed by atoms with E-state index in [2.05, 4.69) is 4.99 Å². The molecule has 1 aliphatic rings. The standard InChI is InChI=1S/C6H11NO2S/c1-2-7-6-3-4-10(8,9)5-6/h2,6H,3-5H2,1H3/t6-/m0/s1. The van der Waals surface area contributed by atoms with E-state index >= 15 is 0 Å². The highest BCUT2D eigenvalue weighted by Gasteiger charge is 2.26. The van der Waals surface area contributed by atoms with Crippen molar-refractivity contribution in [2.45, 2.75) is 19.4 Å². The fraction of sp³-hybridized carbons (Fsp3) is 0.833. The lowest BCUT2D eigenvalue weighted by molar-refractivity contribution is 0.601. The molecular weight excluding hydrogens is 150 g/mol. The quantitative estimate of drug-likeness (QED) is 0.518. The Labute approximate surface area is 61.1 Å². The average molecular weight is 161 g/mol. The molecule has 1 heterocycles. The highest BCUT2D eigenvalue weighted by atomic mass is 32.2. The van der Waals surface area contributed by atoms with Gasteiger partial charge in [-0.05, 0) is 19.6 Å². The molecule has 58 valence electrons. The van der Waals surface area contributed by atoms with Crippen LogP contribution in [-0.4, -0.2) is 32.2 Å². The molecule has 0 amide bonds. The minimum atomic E-state index is -2.73. The van der Waals surface area contributed by atoms with Crippen molar-refractivity contribution < 1.29 is 8.42 Å². The zero-order chi connectivity index (χ0) is 7.61. The summed E-state index contributed by atoms with van der Waals surface area (Å²) in [7, 11) is -2.73. The predicted octanol–water partition coefficient (Wildman–Crippen LogP) is 0.264. The number of sulfone groups is 1. The average Bonchev–Trinajstić information content (AvgIpc) is 2.12. The molecule has 0 radical (unpaired) electrons. The molecule has 10 heavy (non-hydrogen) atoms. The maximum Gasteiger partial charge on any atom is 0.152 e. The van der Waals surface area contributed by atoms with E-state index in [0.29, 0.717) is 12.2 Å². The Morgan fingerprint density at radius 3 is 2.70 bits per heavy atom. The number of rotatable bonds is 1. The van der Waals surface area contributed by atoms with Crippen LogP contribution in [-0.2, 0) is 9.84 Å². The molecule has 0 aromatic heterocycles. The smallest absolute Gasteiger partial charge is 0.152 e. The van der Waals surface area contributed by atoms with Crippen LogP contribution in [0, 0.1) is 0 Å². The van der Waals surface area contributed by atoms with Crippen LogP contribution in [0.25, 0.3) is 0 Å². The van der Waals surface area contributed by atoms with Crippen LogP contribution < -0.4 is 0 Å². The SMILES string of the molecule is CC=N[C@H]1CCS(=O)(=O)C1. The van der Waals surface area contributed by atoms with Crippen molar-refractivity contribution in [3.05, 3.63) is 0 Å². The number of hydrogen-bond donors (Lipinski definition) is 0. The van der Waals surface area contributed by atoms with Crippen LogP contribution in [0.2, 0.25) is 0 Å². The Bertz CT molecular complexity index is 230. The van der Waals surface area contributed by atoms with Gasteiger partial charge >= 0.3 is 0 Å². The first-order chi connectivity index (χ1) is 4.64. The van der Waals surface area contributed by atoms with Crippen LogP contribution in [0.15, 0.2) is 4.99 Å². The summed E-state index contributed by atoms with van der Waals surface area (Å²) >= 11 is 0. The number of nitrogens with zero attached hydrogens (tertiary/aromatic N) is 1. The zero-order valence-corrected chi connectivity index (χ0v) is 6.76. The lowest BCUT2D eigenvalue weighted by Gasteiger charge is -1.95. The van der Waals surface area contributed by atoms with E-state index < -0.39 is 9.84 Å². The third-order valence-electron chi connectivity index (χ3n) is 1.57. The topological polar surface area (TPSA) is 46.5 Å². The minimum Gasteiger partial charge on any atom is -0.293 e. The number of hydrogen-bond acceptors (Lipinski definition) is 3. The van der Waals surface area contributed by atoms with Gasteiger partial charge in [0.25, 0.3) is 0 Å². The summed E-state index contributed by atoms with van der Waals surface area (Å²) in [5.41, 5.74) is 0. The Hall–Kier alpha value is -0.380. The van der Waals surface area contributed by atoms with Crippen LogP contribution in [0.1, 0.15) is 13.3 Å². The van der Waals surface area contributed by atoms with Gasteiger partial charge in [0.2, 0.25) is 0 Å². The van der Waals surface area contributed by atoms with Crippen molar-refractivity contribution in [3.63, 3.8) is 0 Å². The van der Waals surface area contributed by atoms with Gasteiger partial charge < -0.3 is 0 Å². The second kappa shape index (κ2) is 2.70. The molecular formula is C6H11NO2S. The van der Waals surface area contributed by atoms with E-state index in [1.54, 1.807) is 6.21 Å². The van der Waals surface area contributed by atoms with Gasteiger partial charge in [-0.3, -0.25) is 4.99 Å². The summed E-state index contributed by atoms with van der Waals surface area (Å²) in [5, 5.41) is 0. The molecule has 0 spiro atoms. The molecule has 0 aromatic rings. The summed E-state index contributed by atoms with van der Waals surface area (Å²) in [4.78, 5) is 4.02. The van der Waals surface area contributed by atoms with Crippen LogP contribution in [0.4, 0.5) is 0 Å². The van der Waals surface area contributed by atoms with E-state index in [1.165, 1.54) is 0 Å². The largest absolute Gasteiger partial charge is 0.293 e. The lowest BCUT2D eigenvalue weighted by Crippen LogP contribution is -2.07. The van der Waals surface area contributed by atoms with Crippen LogP contribution in [0.3, 0.4) is 0 Å². The molecule has 0 N–H and O–H groups in total. The molecule has 1 atom stereocenters. The highest BCUT2D eigenvalue weighted by Crippen LogP contribution is 2.13. The van der Waals surface area contributed by atoms with Crippen LogP contribution >= 0.6 is 0 Å².